The number of piperidine rings is 1. The fourth-order valence-electron chi connectivity index (χ4n) is 7.31. The molecular formula is C30H35ClN6O2. The van der Waals surface area contributed by atoms with Crippen LogP contribution in [0, 0.1) is 17.8 Å². The van der Waals surface area contributed by atoms with Crippen LogP contribution in [0.2, 0.25) is 5.02 Å². The number of rotatable bonds is 5. The van der Waals surface area contributed by atoms with Crippen LogP contribution in [-0.4, -0.2) is 37.3 Å². The summed E-state index contributed by atoms with van der Waals surface area (Å²) in [4.78, 5) is 27.5. The highest BCUT2D eigenvalue weighted by molar-refractivity contribution is 6.30. The van der Waals surface area contributed by atoms with E-state index in [0.29, 0.717) is 28.5 Å². The molecule has 2 atom stereocenters. The van der Waals surface area contributed by atoms with E-state index >= 15 is 0 Å². The average Bonchev–Trinajstić information content (AvgIpc) is 3.68. The predicted molar refractivity (Wildman–Crippen MR) is 153 cm³/mol. The number of hydrogen-bond acceptors (Lipinski definition) is 6. The first-order valence-electron chi connectivity index (χ1n) is 14.5. The predicted octanol–water partition coefficient (Wildman–Crippen LogP) is 6.69. The van der Waals surface area contributed by atoms with Gasteiger partial charge in [0, 0.05) is 29.7 Å². The summed E-state index contributed by atoms with van der Waals surface area (Å²) in [7, 11) is 0. The lowest BCUT2D eigenvalue weighted by molar-refractivity contribution is 0.265. The Balaban J connectivity index is 1.44. The van der Waals surface area contributed by atoms with Gasteiger partial charge >= 0.3 is 5.76 Å². The van der Waals surface area contributed by atoms with E-state index in [1.807, 2.05) is 30.3 Å². The molecule has 3 aliphatic rings. The molecule has 3 fully saturated rings. The number of hydrogen-bond donors (Lipinski definition) is 1. The number of H-pyrrole nitrogens is 1. The average molecular weight is 547 g/mol. The van der Waals surface area contributed by atoms with E-state index < -0.39 is 5.76 Å². The maximum Gasteiger partial charge on any atom is 0.439 e. The molecule has 2 saturated carbocycles. The maximum absolute atomic E-state index is 11.8. The van der Waals surface area contributed by atoms with E-state index in [0.717, 1.165) is 53.2 Å². The van der Waals surface area contributed by atoms with Gasteiger partial charge in [-0.25, -0.2) is 14.8 Å². The molecule has 3 aromatic heterocycles. The Hall–Kier alpha value is -3.13. The Kier molecular flexibility index (Phi) is 6.46. The topological polar surface area (TPSA) is 92.8 Å². The minimum atomic E-state index is -0.602. The van der Waals surface area contributed by atoms with Crippen molar-refractivity contribution in [3.05, 3.63) is 45.9 Å². The number of halogens is 1. The van der Waals surface area contributed by atoms with Crippen molar-refractivity contribution in [2.24, 2.45) is 17.8 Å². The van der Waals surface area contributed by atoms with Crippen molar-refractivity contribution in [3.8, 4) is 22.8 Å². The first kappa shape index (κ1) is 24.9. The number of aromatic nitrogens is 5. The Labute approximate surface area is 232 Å². The van der Waals surface area contributed by atoms with Crippen LogP contribution >= 0.6 is 11.6 Å². The summed E-state index contributed by atoms with van der Waals surface area (Å²) in [5.41, 5.74) is 4.14. The second-order valence-corrected chi connectivity index (χ2v) is 12.4. The van der Waals surface area contributed by atoms with E-state index in [2.05, 4.69) is 26.5 Å². The van der Waals surface area contributed by atoms with Gasteiger partial charge in [-0.1, -0.05) is 55.1 Å². The molecule has 0 spiro atoms. The van der Waals surface area contributed by atoms with Crippen molar-refractivity contribution >= 4 is 28.6 Å². The monoisotopic (exact) mass is 546 g/mol. The van der Waals surface area contributed by atoms with E-state index in [1.54, 1.807) is 0 Å². The van der Waals surface area contributed by atoms with Crippen LogP contribution < -0.4 is 10.7 Å². The van der Waals surface area contributed by atoms with Crippen molar-refractivity contribution in [3.63, 3.8) is 0 Å². The Morgan fingerprint density at radius 1 is 1.05 bits per heavy atom. The van der Waals surface area contributed by atoms with Crippen LogP contribution in [0.1, 0.15) is 64.7 Å². The molecule has 4 aromatic rings. The molecule has 8 nitrogen and oxygen atoms in total. The summed E-state index contributed by atoms with van der Waals surface area (Å²) >= 11 is 6.47. The van der Waals surface area contributed by atoms with E-state index in [4.69, 9.17) is 26.1 Å². The van der Waals surface area contributed by atoms with Crippen molar-refractivity contribution in [2.45, 2.75) is 77.3 Å². The normalized spacial score (nSPS) is 25.3. The second kappa shape index (κ2) is 10.1. The number of anilines is 1. The number of pyridine rings is 1. The van der Waals surface area contributed by atoms with Gasteiger partial charge in [-0.2, -0.15) is 0 Å². The van der Waals surface area contributed by atoms with Gasteiger partial charge in [0.2, 0.25) is 11.8 Å². The van der Waals surface area contributed by atoms with Crippen molar-refractivity contribution < 1.29 is 4.52 Å². The third-order valence-electron chi connectivity index (χ3n) is 9.31. The molecule has 1 aliphatic heterocycles. The van der Waals surface area contributed by atoms with Crippen molar-refractivity contribution in [1.29, 1.82) is 0 Å². The van der Waals surface area contributed by atoms with Crippen molar-refractivity contribution in [1.82, 2.24) is 24.7 Å². The van der Waals surface area contributed by atoms with Crippen LogP contribution in [-0.2, 0) is 6.54 Å². The number of aromatic amines is 1. The Bertz CT molecular complexity index is 1550. The van der Waals surface area contributed by atoms with E-state index in [9.17, 15) is 4.79 Å². The zero-order valence-corrected chi connectivity index (χ0v) is 23.2. The molecule has 1 N–H and O–H groups in total. The summed E-state index contributed by atoms with van der Waals surface area (Å²) in [5, 5.41) is 4.58. The molecule has 204 valence electrons. The van der Waals surface area contributed by atoms with E-state index in [1.165, 1.54) is 57.8 Å². The standard InChI is InChI=1S/C30H35ClN6O2/c1-18-10-12-19(13-11-18)17-37-27-23(33-29(37)36-14-4-7-20-5-3-9-25(20)36)16-24(28-34-30(38)39-35-28)32-26(27)21-6-2-8-22(31)15-21/h2,6,8,15-16,18-20,25H,3-5,7,9-14,17H2,1H3,(H,34,35,38)/t18-,19-,20?,25?. The van der Waals surface area contributed by atoms with Gasteiger partial charge < -0.3 is 9.47 Å². The van der Waals surface area contributed by atoms with Gasteiger partial charge in [-0.05, 0) is 74.5 Å². The molecular weight excluding hydrogens is 512 g/mol. The Morgan fingerprint density at radius 3 is 2.69 bits per heavy atom. The third kappa shape index (κ3) is 4.66. The molecule has 1 saturated heterocycles. The summed E-state index contributed by atoms with van der Waals surface area (Å²) in [6.07, 6.45) is 11.4. The largest absolute Gasteiger partial charge is 0.439 e. The first-order chi connectivity index (χ1) is 19.0. The molecule has 0 bridgehead atoms. The molecule has 7 rings (SSSR count). The summed E-state index contributed by atoms with van der Waals surface area (Å²) in [6.45, 7) is 4.34. The van der Waals surface area contributed by atoms with Gasteiger partial charge in [0.1, 0.15) is 5.69 Å². The molecule has 2 unspecified atom stereocenters. The van der Waals surface area contributed by atoms with Gasteiger partial charge in [0.25, 0.3) is 0 Å². The fraction of sp³-hybridized carbons (Fsp3) is 0.533. The third-order valence-corrected chi connectivity index (χ3v) is 9.55. The molecule has 0 amide bonds. The number of nitrogens with zero attached hydrogens (tertiary/aromatic N) is 5. The lowest BCUT2D eigenvalue weighted by atomic mass is 9.83. The maximum atomic E-state index is 11.8. The number of benzene rings is 1. The first-order valence-corrected chi connectivity index (χ1v) is 14.9. The van der Waals surface area contributed by atoms with Crippen molar-refractivity contribution in [2.75, 3.05) is 11.4 Å². The van der Waals surface area contributed by atoms with Gasteiger partial charge in [-0.15, -0.1) is 0 Å². The van der Waals surface area contributed by atoms with Crippen LogP contribution in [0.3, 0.4) is 0 Å². The van der Waals surface area contributed by atoms with Crippen LogP contribution in [0.4, 0.5) is 5.95 Å². The summed E-state index contributed by atoms with van der Waals surface area (Å²) < 4.78 is 7.29. The quantitative estimate of drug-likeness (QED) is 0.300. The molecule has 4 heterocycles. The summed E-state index contributed by atoms with van der Waals surface area (Å²) in [6, 6.07) is 10.3. The van der Waals surface area contributed by atoms with Crippen LogP contribution in [0.15, 0.2) is 39.6 Å². The van der Waals surface area contributed by atoms with Gasteiger partial charge in [0.05, 0.1) is 16.7 Å². The second-order valence-electron chi connectivity index (χ2n) is 11.9. The van der Waals surface area contributed by atoms with Gasteiger partial charge in [0.15, 0.2) is 0 Å². The molecule has 39 heavy (non-hydrogen) atoms. The number of nitrogens with one attached hydrogen (secondary N) is 1. The molecule has 0 radical (unpaired) electrons. The molecule has 2 aliphatic carbocycles. The van der Waals surface area contributed by atoms with Crippen LogP contribution in [0.5, 0.6) is 0 Å². The summed E-state index contributed by atoms with van der Waals surface area (Å²) in [5.74, 6) is 2.93. The SMILES string of the molecule is C[C@H]1CC[C@H](Cn2c(N3CCCC4CCCC43)nc3cc(-c4noc(=O)[nH]4)nc(-c4cccc(Cl)c4)c32)CC1. The zero-order valence-electron chi connectivity index (χ0n) is 22.4. The lowest BCUT2D eigenvalue weighted by Gasteiger charge is -2.39. The Morgan fingerprint density at radius 2 is 1.90 bits per heavy atom. The minimum Gasteiger partial charge on any atom is -0.339 e. The lowest BCUT2D eigenvalue weighted by Crippen LogP contribution is -2.44. The number of imidazole rings is 1. The minimum absolute atomic E-state index is 0.302. The smallest absolute Gasteiger partial charge is 0.339 e. The van der Waals surface area contributed by atoms with Crippen LogP contribution in [0.25, 0.3) is 33.8 Å². The molecule has 9 heteroatoms. The zero-order chi connectivity index (χ0) is 26.5. The highest BCUT2D eigenvalue weighted by Crippen LogP contribution is 2.42. The van der Waals surface area contributed by atoms with Gasteiger partial charge in [-0.3, -0.25) is 9.51 Å². The van der Waals surface area contributed by atoms with E-state index in [-0.39, 0.29) is 0 Å². The fourth-order valence-corrected chi connectivity index (χ4v) is 7.50. The highest BCUT2D eigenvalue weighted by atomic mass is 35.5. The highest BCUT2D eigenvalue weighted by Gasteiger charge is 2.38. The molecule has 1 aromatic carbocycles. The number of fused-ring (bicyclic) bond motifs is 2.